The fourth-order valence-corrected chi connectivity index (χ4v) is 1.37. The Kier molecular flexibility index (Phi) is 4.04. The Morgan fingerprint density at radius 3 is 2.71 bits per heavy atom. The van der Waals surface area contributed by atoms with Gasteiger partial charge >= 0.3 is 0 Å². The molecule has 2 N–H and O–H groups in total. The number of fused-ring (bicyclic) bond motifs is 1. The maximum absolute atomic E-state index is 5.91. The van der Waals surface area contributed by atoms with Crippen molar-refractivity contribution in [2.24, 2.45) is 0 Å². The van der Waals surface area contributed by atoms with Crippen molar-refractivity contribution in [2.45, 2.75) is 0 Å². The molecule has 0 saturated heterocycles. The Balaban J connectivity index is 0.000000461. The molecule has 0 aliphatic heterocycles. The highest BCUT2D eigenvalue weighted by molar-refractivity contribution is 7.79. The average molecular weight is 227 g/mol. The van der Waals surface area contributed by atoms with Gasteiger partial charge in [0.05, 0.1) is 5.02 Å². The van der Waals surface area contributed by atoms with Crippen molar-refractivity contribution in [1.82, 2.24) is 4.98 Å². The first-order valence-electron chi connectivity index (χ1n) is 4.01. The third kappa shape index (κ3) is 2.30. The van der Waals surface area contributed by atoms with Crippen LogP contribution in [0.3, 0.4) is 0 Å². The molecule has 0 amide bonds. The summed E-state index contributed by atoms with van der Waals surface area (Å²) in [6.07, 6.45) is 5.07. The molecule has 1 heterocycles. The molecule has 1 aromatic heterocycles. The van der Waals surface area contributed by atoms with E-state index in [-0.39, 0.29) is 0 Å². The summed E-state index contributed by atoms with van der Waals surface area (Å²) in [6.45, 7) is 0. The number of hydrogen-bond acceptors (Lipinski definition) is 3. The molecule has 1 aromatic carbocycles. The summed E-state index contributed by atoms with van der Waals surface area (Å²) in [5.74, 6) is 0. The van der Waals surface area contributed by atoms with Crippen molar-refractivity contribution in [3.8, 4) is 0 Å². The van der Waals surface area contributed by atoms with Crippen molar-refractivity contribution in [3.63, 3.8) is 0 Å². The molecular formula is C10H11ClN2S. The monoisotopic (exact) mass is 226 g/mol. The van der Waals surface area contributed by atoms with Crippen LogP contribution in [-0.2, 0) is 0 Å². The number of benzene rings is 1. The molecule has 2 rings (SSSR count). The highest BCUT2D eigenvalue weighted by Gasteiger charge is 1.98. The van der Waals surface area contributed by atoms with Crippen LogP contribution in [0.5, 0.6) is 0 Å². The van der Waals surface area contributed by atoms with Crippen molar-refractivity contribution >= 4 is 40.7 Å². The highest BCUT2D eigenvalue weighted by atomic mass is 35.5. The second-order valence-electron chi connectivity index (χ2n) is 2.60. The number of halogens is 1. The van der Waals surface area contributed by atoms with Gasteiger partial charge < -0.3 is 5.73 Å². The van der Waals surface area contributed by atoms with E-state index < -0.39 is 0 Å². The molecule has 0 radical (unpaired) electrons. The minimum atomic E-state index is 0.639. The standard InChI is InChI=1S/C9H7ClN2.CH4S/c10-9-5-12-4-6-1-2-7(11)3-8(6)9;1-2/h1-5H,11H2;2H,1H3. The van der Waals surface area contributed by atoms with Gasteiger partial charge in [0.25, 0.3) is 0 Å². The largest absolute Gasteiger partial charge is 0.399 e. The van der Waals surface area contributed by atoms with Gasteiger partial charge in [0.2, 0.25) is 0 Å². The summed E-state index contributed by atoms with van der Waals surface area (Å²) in [6, 6.07) is 5.59. The zero-order valence-electron chi connectivity index (χ0n) is 7.74. The van der Waals surface area contributed by atoms with Crippen LogP contribution >= 0.6 is 24.2 Å². The highest BCUT2D eigenvalue weighted by Crippen LogP contribution is 2.23. The number of nitrogens with zero attached hydrogens (tertiary/aromatic N) is 1. The van der Waals surface area contributed by atoms with E-state index in [0.717, 1.165) is 16.5 Å². The number of nitrogen functional groups attached to an aromatic ring is 1. The molecule has 14 heavy (non-hydrogen) atoms. The van der Waals surface area contributed by atoms with Gasteiger partial charge in [-0.05, 0) is 18.4 Å². The van der Waals surface area contributed by atoms with E-state index in [1.807, 2.05) is 18.2 Å². The molecule has 74 valence electrons. The Morgan fingerprint density at radius 1 is 1.29 bits per heavy atom. The van der Waals surface area contributed by atoms with Crippen molar-refractivity contribution in [1.29, 1.82) is 0 Å². The minimum Gasteiger partial charge on any atom is -0.399 e. The summed E-state index contributed by atoms with van der Waals surface area (Å²) in [5.41, 5.74) is 6.33. The van der Waals surface area contributed by atoms with Gasteiger partial charge in [-0.1, -0.05) is 17.7 Å². The summed E-state index contributed by atoms with van der Waals surface area (Å²) >= 11 is 9.44. The second kappa shape index (κ2) is 5.08. The summed E-state index contributed by atoms with van der Waals surface area (Å²) in [7, 11) is 0. The summed E-state index contributed by atoms with van der Waals surface area (Å²) in [5, 5.41) is 2.60. The number of rotatable bonds is 0. The molecule has 0 spiro atoms. The number of thiol groups is 1. The van der Waals surface area contributed by atoms with Gasteiger partial charge in [0, 0.05) is 28.9 Å². The number of aromatic nitrogens is 1. The number of anilines is 1. The summed E-state index contributed by atoms with van der Waals surface area (Å²) in [4.78, 5) is 3.97. The van der Waals surface area contributed by atoms with Crippen LogP contribution < -0.4 is 5.73 Å². The minimum absolute atomic E-state index is 0.639. The topological polar surface area (TPSA) is 38.9 Å². The van der Waals surface area contributed by atoms with Crippen molar-refractivity contribution in [3.05, 3.63) is 35.6 Å². The predicted molar refractivity (Wildman–Crippen MR) is 66.1 cm³/mol. The van der Waals surface area contributed by atoms with E-state index in [0.29, 0.717) is 5.02 Å². The molecular weight excluding hydrogens is 216 g/mol. The van der Waals surface area contributed by atoms with Crippen LogP contribution in [0.4, 0.5) is 5.69 Å². The Morgan fingerprint density at radius 2 is 2.00 bits per heavy atom. The van der Waals surface area contributed by atoms with Crippen LogP contribution in [0.1, 0.15) is 0 Å². The molecule has 4 heteroatoms. The maximum atomic E-state index is 5.91. The van der Waals surface area contributed by atoms with Gasteiger partial charge in [0.1, 0.15) is 0 Å². The van der Waals surface area contributed by atoms with Gasteiger partial charge in [-0.15, -0.1) is 0 Å². The first-order chi connectivity index (χ1) is 6.77. The van der Waals surface area contributed by atoms with Gasteiger partial charge in [-0.3, -0.25) is 4.98 Å². The van der Waals surface area contributed by atoms with Crippen molar-refractivity contribution in [2.75, 3.05) is 12.0 Å². The fraction of sp³-hybridized carbons (Fsp3) is 0.100. The number of pyridine rings is 1. The quantitative estimate of drug-likeness (QED) is 0.536. The third-order valence-corrected chi connectivity index (χ3v) is 2.04. The normalized spacial score (nSPS) is 9.36. The molecule has 0 aliphatic rings. The Labute approximate surface area is 93.5 Å². The Bertz CT molecular complexity index is 431. The molecule has 2 nitrogen and oxygen atoms in total. The zero-order chi connectivity index (χ0) is 10.6. The van der Waals surface area contributed by atoms with Gasteiger partial charge in [-0.25, -0.2) is 0 Å². The van der Waals surface area contributed by atoms with E-state index in [4.69, 9.17) is 17.3 Å². The van der Waals surface area contributed by atoms with E-state index in [2.05, 4.69) is 17.6 Å². The predicted octanol–water partition coefficient (Wildman–Crippen LogP) is 3.02. The fourth-order valence-electron chi connectivity index (χ4n) is 1.15. The van der Waals surface area contributed by atoms with Crippen LogP contribution in [-0.4, -0.2) is 11.2 Å². The smallest absolute Gasteiger partial charge is 0.0668 e. The first kappa shape index (κ1) is 11.1. The lowest BCUT2D eigenvalue weighted by atomic mass is 10.1. The van der Waals surface area contributed by atoms with E-state index in [1.165, 1.54) is 0 Å². The van der Waals surface area contributed by atoms with Crippen LogP contribution in [0, 0.1) is 0 Å². The van der Waals surface area contributed by atoms with E-state index in [9.17, 15) is 0 Å². The molecule has 0 bridgehead atoms. The first-order valence-corrected chi connectivity index (χ1v) is 5.28. The number of hydrogen-bond donors (Lipinski definition) is 2. The zero-order valence-corrected chi connectivity index (χ0v) is 9.39. The number of nitrogens with two attached hydrogens (primary N) is 1. The van der Waals surface area contributed by atoms with Crippen LogP contribution in [0.25, 0.3) is 10.8 Å². The molecule has 0 fully saturated rings. The molecule has 0 aliphatic carbocycles. The van der Waals surface area contributed by atoms with Gasteiger partial charge in [0.15, 0.2) is 0 Å². The van der Waals surface area contributed by atoms with Gasteiger partial charge in [-0.2, -0.15) is 12.6 Å². The van der Waals surface area contributed by atoms with Crippen LogP contribution in [0.2, 0.25) is 5.02 Å². The molecule has 0 unspecified atom stereocenters. The second-order valence-corrected chi connectivity index (χ2v) is 3.01. The lowest BCUT2D eigenvalue weighted by Crippen LogP contribution is -1.84. The maximum Gasteiger partial charge on any atom is 0.0668 e. The van der Waals surface area contributed by atoms with Crippen LogP contribution in [0.15, 0.2) is 30.6 Å². The Hall–Kier alpha value is -0.930. The molecule has 0 atom stereocenters. The van der Waals surface area contributed by atoms with Crippen molar-refractivity contribution < 1.29 is 0 Å². The van der Waals surface area contributed by atoms with E-state index >= 15 is 0 Å². The SMILES string of the molecule is CS.Nc1ccc2cncc(Cl)c2c1. The lowest BCUT2D eigenvalue weighted by molar-refractivity contribution is 1.36. The average Bonchev–Trinajstić information content (AvgIpc) is 2.22. The third-order valence-electron chi connectivity index (χ3n) is 1.74. The van der Waals surface area contributed by atoms with E-state index in [1.54, 1.807) is 18.6 Å². The molecule has 0 saturated carbocycles. The summed E-state index contributed by atoms with van der Waals surface area (Å²) < 4.78 is 0. The molecule has 2 aromatic rings. The lowest BCUT2D eigenvalue weighted by Gasteiger charge is -1.99.